The van der Waals surface area contributed by atoms with Crippen LogP contribution in [-0.2, 0) is 19.6 Å². The largest absolute Gasteiger partial charge is 0.497 e. The lowest BCUT2D eigenvalue weighted by Crippen LogP contribution is -2.49. The number of benzene rings is 2. The van der Waals surface area contributed by atoms with Gasteiger partial charge in [0.15, 0.2) is 0 Å². The van der Waals surface area contributed by atoms with Gasteiger partial charge in [-0.3, -0.25) is 9.59 Å². The molecule has 1 heterocycles. The Morgan fingerprint density at radius 3 is 2.58 bits per heavy atom. The number of hydrogen-bond donors (Lipinski definition) is 2. The number of rotatable bonds is 7. The summed E-state index contributed by atoms with van der Waals surface area (Å²) in [5.74, 6) is -0.608. The molecule has 0 aromatic heterocycles. The number of nitrogens with one attached hydrogen (secondary N) is 2. The Hall–Kier alpha value is -2.91. The molecule has 0 radical (unpaired) electrons. The van der Waals surface area contributed by atoms with Gasteiger partial charge in [-0.2, -0.15) is 4.31 Å². The first kappa shape index (κ1) is 22.8. The van der Waals surface area contributed by atoms with Crippen molar-refractivity contribution < 1.29 is 22.7 Å². The molecule has 8 nitrogen and oxygen atoms in total. The summed E-state index contributed by atoms with van der Waals surface area (Å²) in [6.07, 6.45) is 1.14. The molecule has 2 atom stereocenters. The van der Waals surface area contributed by atoms with Crippen LogP contribution in [0, 0.1) is 5.92 Å². The molecule has 3 rings (SSSR count). The fourth-order valence-electron chi connectivity index (χ4n) is 3.46. The van der Waals surface area contributed by atoms with Gasteiger partial charge in [0.2, 0.25) is 21.8 Å². The fourth-order valence-corrected chi connectivity index (χ4v) is 5.01. The van der Waals surface area contributed by atoms with Crippen LogP contribution in [0.1, 0.15) is 19.8 Å². The van der Waals surface area contributed by atoms with Crippen LogP contribution in [-0.4, -0.2) is 50.8 Å². The molecule has 2 aromatic carbocycles. The topological polar surface area (TPSA) is 105 Å². The molecule has 1 aliphatic heterocycles. The highest BCUT2D eigenvalue weighted by molar-refractivity contribution is 7.89. The van der Waals surface area contributed by atoms with Crippen molar-refractivity contribution in [3.8, 4) is 5.75 Å². The Morgan fingerprint density at radius 1 is 1.13 bits per heavy atom. The van der Waals surface area contributed by atoms with E-state index in [1.165, 1.54) is 11.4 Å². The molecular formula is C22H27N3O5S. The van der Waals surface area contributed by atoms with E-state index < -0.39 is 22.0 Å². The van der Waals surface area contributed by atoms with Crippen LogP contribution < -0.4 is 15.4 Å². The van der Waals surface area contributed by atoms with Crippen molar-refractivity contribution in [3.63, 3.8) is 0 Å². The van der Waals surface area contributed by atoms with E-state index in [1.807, 2.05) is 0 Å². The van der Waals surface area contributed by atoms with Crippen molar-refractivity contribution in [1.82, 2.24) is 9.62 Å². The molecule has 0 saturated carbocycles. The van der Waals surface area contributed by atoms with Crippen LogP contribution in [0.4, 0.5) is 5.69 Å². The molecule has 1 unspecified atom stereocenters. The van der Waals surface area contributed by atoms with Gasteiger partial charge >= 0.3 is 0 Å². The summed E-state index contributed by atoms with van der Waals surface area (Å²) >= 11 is 0. The predicted octanol–water partition coefficient (Wildman–Crippen LogP) is 2.24. The van der Waals surface area contributed by atoms with Gasteiger partial charge in [0, 0.05) is 24.8 Å². The quantitative estimate of drug-likeness (QED) is 0.680. The molecule has 9 heteroatoms. The Bertz CT molecular complexity index is 1030. The van der Waals surface area contributed by atoms with E-state index in [0.29, 0.717) is 30.8 Å². The van der Waals surface area contributed by atoms with Crippen molar-refractivity contribution >= 4 is 27.5 Å². The molecule has 166 valence electrons. The van der Waals surface area contributed by atoms with E-state index in [-0.39, 0.29) is 23.3 Å². The molecule has 0 spiro atoms. The van der Waals surface area contributed by atoms with Crippen LogP contribution in [0.25, 0.3) is 0 Å². The molecule has 0 bridgehead atoms. The minimum absolute atomic E-state index is 0.0906. The Labute approximate surface area is 182 Å². The third-order valence-electron chi connectivity index (χ3n) is 5.23. The minimum Gasteiger partial charge on any atom is -0.497 e. The van der Waals surface area contributed by atoms with Crippen molar-refractivity contribution in [2.75, 3.05) is 25.5 Å². The minimum atomic E-state index is -3.66. The molecule has 2 aromatic rings. The van der Waals surface area contributed by atoms with Gasteiger partial charge in [0.25, 0.3) is 0 Å². The summed E-state index contributed by atoms with van der Waals surface area (Å²) in [4.78, 5) is 25.4. The average Bonchev–Trinajstić information content (AvgIpc) is 2.79. The van der Waals surface area contributed by atoms with E-state index in [1.54, 1.807) is 61.5 Å². The average molecular weight is 446 g/mol. The van der Waals surface area contributed by atoms with Crippen molar-refractivity contribution in [2.45, 2.75) is 30.7 Å². The van der Waals surface area contributed by atoms with E-state index in [4.69, 9.17) is 4.74 Å². The van der Waals surface area contributed by atoms with Crippen LogP contribution in [0.5, 0.6) is 5.75 Å². The van der Waals surface area contributed by atoms with Crippen LogP contribution in [0.15, 0.2) is 59.5 Å². The summed E-state index contributed by atoms with van der Waals surface area (Å²) in [7, 11) is -2.12. The van der Waals surface area contributed by atoms with Gasteiger partial charge in [-0.15, -0.1) is 0 Å². The molecule has 0 aliphatic carbocycles. The Kier molecular flexibility index (Phi) is 7.29. The Balaban J connectivity index is 1.60. The summed E-state index contributed by atoms with van der Waals surface area (Å²) in [5, 5.41) is 5.45. The highest BCUT2D eigenvalue weighted by Gasteiger charge is 2.34. The second-order valence-corrected chi connectivity index (χ2v) is 9.40. The van der Waals surface area contributed by atoms with Gasteiger partial charge in [-0.05, 0) is 44.0 Å². The van der Waals surface area contributed by atoms with Crippen molar-refractivity contribution in [2.24, 2.45) is 5.92 Å². The number of piperidine rings is 1. The van der Waals surface area contributed by atoms with Gasteiger partial charge in [0.05, 0.1) is 17.9 Å². The lowest BCUT2D eigenvalue weighted by molar-refractivity contribution is -0.129. The number of carbonyl (C=O) groups is 2. The molecule has 1 aliphatic rings. The lowest BCUT2D eigenvalue weighted by Gasteiger charge is -2.31. The summed E-state index contributed by atoms with van der Waals surface area (Å²) in [5.41, 5.74) is 0.559. The highest BCUT2D eigenvalue weighted by Crippen LogP contribution is 2.24. The molecule has 1 saturated heterocycles. The zero-order valence-corrected chi connectivity index (χ0v) is 18.4. The molecule has 31 heavy (non-hydrogen) atoms. The zero-order chi connectivity index (χ0) is 22.4. The third kappa shape index (κ3) is 5.62. The number of carbonyl (C=O) groups excluding carboxylic acids is 2. The second kappa shape index (κ2) is 9.93. The Morgan fingerprint density at radius 2 is 1.87 bits per heavy atom. The normalized spacial score (nSPS) is 18.1. The first-order chi connectivity index (χ1) is 14.8. The van der Waals surface area contributed by atoms with Crippen LogP contribution >= 0.6 is 0 Å². The molecular weight excluding hydrogens is 418 g/mol. The molecule has 2 N–H and O–H groups in total. The maximum Gasteiger partial charge on any atom is 0.246 e. The number of nitrogens with zero attached hydrogens (tertiary/aromatic N) is 1. The number of ether oxygens (including phenoxy) is 1. The van der Waals surface area contributed by atoms with Gasteiger partial charge in [-0.1, -0.05) is 24.3 Å². The van der Waals surface area contributed by atoms with E-state index in [2.05, 4.69) is 10.6 Å². The molecule has 2 amide bonds. The number of hydrogen-bond acceptors (Lipinski definition) is 5. The van der Waals surface area contributed by atoms with E-state index in [9.17, 15) is 18.0 Å². The number of sulfonamides is 1. The SMILES string of the molecule is COc1cccc(NC(=O)[C@H](C)NC(=O)C2CCCN(S(=O)(=O)c3ccccc3)C2)c1. The maximum absolute atomic E-state index is 12.9. The number of amides is 2. The monoisotopic (exact) mass is 445 g/mol. The summed E-state index contributed by atoms with van der Waals surface area (Å²) < 4.78 is 32.2. The van der Waals surface area contributed by atoms with Gasteiger partial charge in [-0.25, -0.2) is 8.42 Å². The maximum atomic E-state index is 12.9. The first-order valence-electron chi connectivity index (χ1n) is 10.1. The van der Waals surface area contributed by atoms with Crippen molar-refractivity contribution in [3.05, 3.63) is 54.6 Å². The van der Waals surface area contributed by atoms with Crippen LogP contribution in [0.2, 0.25) is 0 Å². The standard InChI is InChI=1S/C22H27N3O5S/c1-16(21(26)24-18-9-6-10-19(14-18)30-2)23-22(27)17-8-7-13-25(15-17)31(28,29)20-11-4-3-5-12-20/h3-6,9-12,14,16-17H,7-8,13,15H2,1-2H3,(H,23,27)(H,24,26)/t16-,17?/m0/s1. The third-order valence-corrected chi connectivity index (χ3v) is 7.10. The van der Waals surface area contributed by atoms with Crippen LogP contribution in [0.3, 0.4) is 0 Å². The second-order valence-electron chi connectivity index (χ2n) is 7.47. The molecule has 1 fully saturated rings. The van der Waals surface area contributed by atoms with Gasteiger partial charge < -0.3 is 15.4 Å². The number of anilines is 1. The van der Waals surface area contributed by atoms with E-state index in [0.717, 1.165) is 0 Å². The summed E-state index contributed by atoms with van der Waals surface area (Å²) in [6.45, 7) is 2.05. The van der Waals surface area contributed by atoms with Gasteiger partial charge in [0.1, 0.15) is 11.8 Å². The number of methoxy groups -OCH3 is 1. The first-order valence-corrected chi connectivity index (χ1v) is 11.6. The smallest absolute Gasteiger partial charge is 0.246 e. The van der Waals surface area contributed by atoms with Crippen molar-refractivity contribution in [1.29, 1.82) is 0 Å². The fraction of sp³-hybridized carbons (Fsp3) is 0.364. The van der Waals surface area contributed by atoms with E-state index >= 15 is 0 Å². The predicted molar refractivity (Wildman–Crippen MR) is 117 cm³/mol. The summed E-state index contributed by atoms with van der Waals surface area (Å²) in [6, 6.07) is 14.3. The highest BCUT2D eigenvalue weighted by atomic mass is 32.2. The zero-order valence-electron chi connectivity index (χ0n) is 17.6. The lowest BCUT2D eigenvalue weighted by atomic mass is 9.98.